The Balaban J connectivity index is 1.77. The van der Waals surface area contributed by atoms with Gasteiger partial charge in [-0.2, -0.15) is 0 Å². The summed E-state index contributed by atoms with van der Waals surface area (Å²) in [6, 6.07) is 2.90. The molecule has 3 heterocycles. The van der Waals surface area contributed by atoms with Gasteiger partial charge in [0, 0.05) is 40.3 Å². The van der Waals surface area contributed by atoms with E-state index in [1.807, 2.05) is 0 Å². The Bertz CT molecular complexity index is 1200. The molecule has 0 radical (unpaired) electrons. The Morgan fingerprint density at radius 1 is 1.42 bits per heavy atom. The Morgan fingerprint density at radius 2 is 2.22 bits per heavy atom. The zero-order valence-corrected chi connectivity index (χ0v) is 21.4. The van der Waals surface area contributed by atoms with E-state index in [4.69, 9.17) is 21.3 Å². The van der Waals surface area contributed by atoms with Gasteiger partial charge in [-0.3, -0.25) is 9.89 Å². The number of likely N-dealkylation sites (tertiary alicyclic amines) is 1. The van der Waals surface area contributed by atoms with Crippen LogP contribution in [0.15, 0.2) is 58.2 Å². The van der Waals surface area contributed by atoms with Crippen LogP contribution in [0, 0.1) is 11.7 Å². The van der Waals surface area contributed by atoms with E-state index in [9.17, 15) is 18.0 Å². The number of alkyl halides is 2. The van der Waals surface area contributed by atoms with E-state index < -0.39 is 36.2 Å². The van der Waals surface area contributed by atoms with Crippen molar-refractivity contribution in [2.24, 2.45) is 10.9 Å². The van der Waals surface area contributed by atoms with Crippen molar-refractivity contribution in [2.45, 2.75) is 32.2 Å². The lowest BCUT2D eigenvalue weighted by Gasteiger charge is -2.38. The number of esters is 1. The smallest absolute Gasteiger partial charge is 0.338 e. The molecule has 2 atom stereocenters. The number of hydrogen-bond donors (Lipinski definition) is 1. The first-order valence-corrected chi connectivity index (χ1v) is 12.8. The van der Waals surface area contributed by atoms with Crippen molar-refractivity contribution >= 4 is 34.7 Å². The maximum Gasteiger partial charge on any atom is 0.338 e. The largest absolute Gasteiger partial charge is 0.463 e. The van der Waals surface area contributed by atoms with Crippen LogP contribution < -0.4 is 5.32 Å². The molecule has 11 heteroatoms. The molecule has 0 spiro atoms. The zero-order chi connectivity index (χ0) is 25.9. The number of aliphatic imine (C=N–C) groups is 1. The molecule has 192 valence electrons. The first-order valence-electron chi connectivity index (χ1n) is 11.6. The fraction of sp³-hybridized carbons (Fsp3) is 0.400. The summed E-state index contributed by atoms with van der Waals surface area (Å²) in [5, 5.41) is 5.56. The van der Waals surface area contributed by atoms with Crippen molar-refractivity contribution in [2.75, 3.05) is 26.2 Å². The third-order valence-corrected chi connectivity index (χ3v) is 7.16. The second-order valence-electron chi connectivity index (χ2n) is 8.51. The van der Waals surface area contributed by atoms with Crippen molar-refractivity contribution in [3.63, 3.8) is 0 Å². The summed E-state index contributed by atoms with van der Waals surface area (Å²) < 4.78 is 48.9. The molecule has 36 heavy (non-hydrogen) atoms. The average Bonchev–Trinajstić information content (AvgIpc) is 3.35. The number of rotatable bonds is 7. The monoisotopic (exact) mass is 538 g/mol. The zero-order valence-electron chi connectivity index (χ0n) is 19.8. The third-order valence-electron chi connectivity index (χ3n) is 6.05. The topological polar surface area (TPSA) is 66.8 Å². The molecule has 1 N–H and O–H groups in total. The highest BCUT2D eigenvalue weighted by atomic mass is 35.5. The summed E-state index contributed by atoms with van der Waals surface area (Å²) in [5.74, 6) is -4.57. The Labute approximate surface area is 216 Å². The van der Waals surface area contributed by atoms with Gasteiger partial charge in [-0.25, -0.2) is 22.9 Å². The fourth-order valence-corrected chi connectivity index (χ4v) is 5.28. The minimum absolute atomic E-state index is 0.0337. The van der Waals surface area contributed by atoms with Crippen LogP contribution in [-0.4, -0.2) is 53.9 Å². The second kappa shape index (κ2) is 11.1. The van der Waals surface area contributed by atoms with E-state index in [0.29, 0.717) is 28.6 Å². The molecule has 2 aliphatic heterocycles. The molecular weight excluding hydrogens is 513 g/mol. The van der Waals surface area contributed by atoms with E-state index in [0.717, 1.165) is 6.07 Å². The number of nitrogens with one attached hydrogen (secondary N) is 1. The summed E-state index contributed by atoms with van der Waals surface area (Å²) in [4.78, 5) is 23.8. The molecular formula is C25H26ClF3N4O2S. The maximum absolute atomic E-state index is 14.9. The highest BCUT2D eigenvalue weighted by Gasteiger charge is 2.44. The summed E-state index contributed by atoms with van der Waals surface area (Å²) in [5.41, 5.74) is 0.912. The molecule has 2 aliphatic rings. The number of piperidine rings is 1. The van der Waals surface area contributed by atoms with E-state index in [-0.39, 0.29) is 30.2 Å². The van der Waals surface area contributed by atoms with E-state index in [1.54, 1.807) is 42.5 Å². The van der Waals surface area contributed by atoms with Crippen LogP contribution in [0.5, 0.6) is 0 Å². The molecule has 1 unspecified atom stereocenters. The number of nitrogens with zero attached hydrogens (tertiary/aromatic N) is 3. The quantitative estimate of drug-likeness (QED) is 0.379. The van der Waals surface area contributed by atoms with Gasteiger partial charge in [0.1, 0.15) is 11.9 Å². The van der Waals surface area contributed by atoms with Crippen LogP contribution in [0.2, 0.25) is 5.02 Å². The minimum atomic E-state index is -2.92. The lowest BCUT2D eigenvalue weighted by molar-refractivity contribution is -0.139. The van der Waals surface area contributed by atoms with Gasteiger partial charge in [0.05, 0.1) is 18.7 Å². The van der Waals surface area contributed by atoms with Gasteiger partial charge in [0.15, 0.2) is 10.8 Å². The predicted molar refractivity (Wildman–Crippen MR) is 134 cm³/mol. The van der Waals surface area contributed by atoms with Crippen molar-refractivity contribution in [3.8, 4) is 0 Å². The molecule has 0 bridgehead atoms. The van der Waals surface area contributed by atoms with Crippen LogP contribution in [0.1, 0.15) is 36.9 Å². The van der Waals surface area contributed by atoms with Gasteiger partial charge < -0.3 is 10.1 Å². The molecule has 1 aromatic carbocycles. The third kappa shape index (κ3) is 5.66. The van der Waals surface area contributed by atoms with Gasteiger partial charge in [0.2, 0.25) is 0 Å². The Morgan fingerprint density at radius 3 is 2.86 bits per heavy atom. The van der Waals surface area contributed by atoms with Crippen LogP contribution in [0.4, 0.5) is 13.2 Å². The number of carbonyl (C=O) groups is 1. The summed E-state index contributed by atoms with van der Waals surface area (Å²) in [6.07, 6.45) is 5.08. The first kappa shape index (κ1) is 26.4. The fourth-order valence-electron chi connectivity index (χ4n) is 4.42. The number of amidine groups is 1. The molecule has 2 aromatic rings. The summed E-state index contributed by atoms with van der Waals surface area (Å²) in [7, 11) is 0. The molecule has 4 rings (SSSR count). The number of ether oxygens (including phenoxy) is 1. The van der Waals surface area contributed by atoms with Crippen LogP contribution in [0.3, 0.4) is 0 Å². The number of carbonyl (C=O) groups excluding carboxylic acids is 1. The van der Waals surface area contributed by atoms with Crippen LogP contribution in [0.25, 0.3) is 0 Å². The van der Waals surface area contributed by atoms with Crippen molar-refractivity contribution in [3.05, 3.63) is 74.6 Å². The Hall–Kier alpha value is -2.69. The number of thiazole rings is 1. The lowest BCUT2D eigenvalue weighted by atomic mass is 9.91. The molecule has 1 saturated heterocycles. The van der Waals surface area contributed by atoms with Crippen molar-refractivity contribution in [1.29, 1.82) is 0 Å². The van der Waals surface area contributed by atoms with Gasteiger partial charge in [0.25, 0.3) is 5.92 Å². The maximum atomic E-state index is 14.9. The number of benzene rings is 1. The van der Waals surface area contributed by atoms with Crippen molar-refractivity contribution < 1.29 is 22.7 Å². The highest BCUT2D eigenvalue weighted by Crippen LogP contribution is 2.38. The van der Waals surface area contributed by atoms with Crippen molar-refractivity contribution in [1.82, 2.24) is 15.2 Å². The van der Waals surface area contributed by atoms with E-state index >= 15 is 0 Å². The SMILES string of the molecule is C/C=C/C1CCN(CC2=C(C(=O)OCC)[C@H](c3ccc(F)cc3Cl)N=C(c3nccs3)N2)CC1(F)F. The van der Waals surface area contributed by atoms with Crippen LogP contribution >= 0.6 is 22.9 Å². The van der Waals surface area contributed by atoms with Gasteiger partial charge in [-0.1, -0.05) is 29.8 Å². The Kier molecular flexibility index (Phi) is 8.17. The molecule has 0 aliphatic carbocycles. The molecule has 6 nitrogen and oxygen atoms in total. The van der Waals surface area contributed by atoms with Crippen LogP contribution in [-0.2, 0) is 9.53 Å². The first-order chi connectivity index (χ1) is 17.2. The normalized spacial score (nSPS) is 22.4. The number of hydrogen-bond acceptors (Lipinski definition) is 7. The van der Waals surface area contributed by atoms with Gasteiger partial charge in [-0.15, -0.1) is 11.3 Å². The molecule has 0 amide bonds. The van der Waals surface area contributed by atoms with E-state index in [1.165, 1.54) is 23.5 Å². The molecule has 1 aromatic heterocycles. The van der Waals surface area contributed by atoms with Gasteiger partial charge >= 0.3 is 5.97 Å². The summed E-state index contributed by atoms with van der Waals surface area (Å²) in [6.45, 7) is 3.49. The highest BCUT2D eigenvalue weighted by molar-refractivity contribution is 7.11. The molecule has 0 saturated carbocycles. The standard InChI is InChI=1S/C25H26ClF3N4O2S/c1-3-5-15-8-10-33(14-25(15,28)29)13-19-20(24(34)35-4-2)21(17-7-6-16(27)12-18(17)26)32-22(31-19)23-30-9-11-36-23/h3,5-7,9,11-12,15,21H,4,8,10,13-14H2,1-2H3,(H,31,32)/b5-3+/t15?,21-/m0/s1. The lowest BCUT2D eigenvalue weighted by Crippen LogP contribution is -2.50. The minimum Gasteiger partial charge on any atom is -0.463 e. The molecule has 1 fully saturated rings. The van der Waals surface area contributed by atoms with Gasteiger partial charge in [-0.05, 0) is 38.9 Å². The summed E-state index contributed by atoms with van der Waals surface area (Å²) >= 11 is 7.70. The predicted octanol–water partition coefficient (Wildman–Crippen LogP) is 5.38. The number of allylic oxidation sites excluding steroid dienone is 2. The van der Waals surface area contributed by atoms with E-state index in [2.05, 4.69) is 10.3 Å². The number of aromatic nitrogens is 1. The number of halogens is 4. The second-order valence-corrected chi connectivity index (χ2v) is 9.82. The average molecular weight is 539 g/mol.